The standard InChI is InChI=1S/C21H23N3O3S/c25-20(22-13-17-14-27-19(24-17)18-7-4-12-28-18)23-15-21(8-10-26-11-9-21)16-5-2-1-3-6-16/h1-7,12,14H,8-11,13,15H2,(H2,22,23,25). The first kappa shape index (κ1) is 18.7. The van der Waals surface area contributed by atoms with E-state index in [0.29, 0.717) is 37.9 Å². The normalized spacial score (nSPS) is 15.9. The number of amides is 2. The van der Waals surface area contributed by atoms with Crippen molar-refractivity contribution in [3.05, 3.63) is 65.4 Å². The fourth-order valence-electron chi connectivity index (χ4n) is 3.51. The Balaban J connectivity index is 1.33. The average Bonchev–Trinajstić information content (AvgIpc) is 3.44. The third kappa shape index (κ3) is 4.26. The number of oxazole rings is 1. The van der Waals surface area contributed by atoms with Gasteiger partial charge >= 0.3 is 6.03 Å². The molecule has 3 heterocycles. The summed E-state index contributed by atoms with van der Waals surface area (Å²) in [5.74, 6) is 0.581. The Hall–Kier alpha value is -2.64. The van der Waals surface area contributed by atoms with Crippen LogP contribution >= 0.6 is 11.3 Å². The highest BCUT2D eigenvalue weighted by Gasteiger charge is 2.34. The van der Waals surface area contributed by atoms with Gasteiger partial charge in [0.25, 0.3) is 0 Å². The van der Waals surface area contributed by atoms with Crippen LogP contribution in [0.25, 0.3) is 10.8 Å². The van der Waals surface area contributed by atoms with E-state index in [1.54, 1.807) is 17.6 Å². The fraction of sp³-hybridized carbons (Fsp3) is 0.333. The van der Waals surface area contributed by atoms with E-state index in [4.69, 9.17) is 9.15 Å². The van der Waals surface area contributed by atoms with E-state index in [0.717, 1.165) is 17.7 Å². The molecule has 1 fully saturated rings. The van der Waals surface area contributed by atoms with Crippen LogP contribution in [-0.4, -0.2) is 30.8 Å². The van der Waals surface area contributed by atoms with Crippen LogP contribution < -0.4 is 10.6 Å². The van der Waals surface area contributed by atoms with Crippen molar-refractivity contribution in [3.8, 4) is 10.8 Å². The van der Waals surface area contributed by atoms with Crippen LogP contribution in [0.4, 0.5) is 4.79 Å². The van der Waals surface area contributed by atoms with Gasteiger partial charge in [-0.25, -0.2) is 9.78 Å². The van der Waals surface area contributed by atoms with Gasteiger partial charge < -0.3 is 19.8 Å². The second kappa shape index (κ2) is 8.58. The van der Waals surface area contributed by atoms with E-state index >= 15 is 0 Å². The third-order valence-electron chi connectivity index (χ3n) is 5.14. The molecular formula is C21H23N3O3S. The molecule has 2 amide bonds. The number of ether oxygens (including phenoxy) is 1. The van der Waals surface area contributed by atoms with Crippen molar-refractivity contribution in [3.63, 3.8) is 0 Å². The Morgan fingerprint density at radius 3 is 2.68 bits per heavy atom. The summed E-state index contributed by atoms with van der Waals surface area (Å²) < 4.78 is 11.0. The zero-order valence-corrected chi connectivity index (χ0v) is 16.3. The Morgan fingerprint density at radius 2 is 1.93 bits per heavy atom. The molecule has 0 aliphatic carbocycles. The molecule has 4 rings (SSSR count). The predicted octanol–water partition coefficient (Wildman–Crippen LogP) is 3.95. The number of nitrogens with one attached hydrogen (secondary N) is 2. The van der Waals surface area contributed by atoms with Crippen LogP contribution in [0, 0.1) is 0 Å². The Labute approximate surface area is 167 Å². The number of hydrogen-bond donors (Lipinski definition) is 2. The maximum absolute atomic E-state index is 12.4. The zero-order chi connectivity index (χ0) is 19.2. The first-order chi connectivity index (χ1) is 13.8. The molecule has 28 heavy (non-hydrogen) atoms. The molecular weight excluding hydrogens is 374 g/mol. The van der Waals surface area contributed by atoms with Crippen LogP contribution in [0.1, 0.15) is 24.1 Å². The summed E-state index contributed by atoms with van der Waals surface area (Å²) in [6, 6.07) is 14.1. The van der Waals surface area contributed by atoms with E-state index in [-0.39, 0.29) is 11.4 Å². The smallest absolute Gasteiger partial charge is 0.315 e. The Bertz CT molecular complexity index is 887. The SMILES string of the molecule is O=C(NCc1coc(-c2cccs2)n1)NCC1(c2ccccc2)CCOCC1. The van der Waals surface area contributed by atoms with Gasteiger partial charge in [-0.2, -0.15) is 0 Å². The van der Waals surface area contributed by atoms with Crippen molar-refractivity contribution < 1.29 is 13.9 Å². The summed E-state index contributed by atoms with van der Waals surface area (Å²) >= 11 is 1.57. The lowest BCUT2D eigenvalue weighted by Crippen LogP contribution is -2.47. The van der Waals surface area contributed by atoms with Crippen LogP contribution in [0.15, 0.2) is 58.5 Å². The number of urea groups is 1. The van der Waals surface area contributed by atoms with Gasteiger partial charge in [-0.3, -0.25) is 0 Å². The second-order valence-corrected chi connectivity index (χ2v) is 7.86. The second-order valence-electron chi connectivity index (χ2n) is 6.92. The van der Waals surface area contributed by atoms with Crippen molar-refractivity contribution in [2.75, 3.05) is 19.8 Å². The molecule has 2 N–H and O–H groups in total. The largest absolute Gasteiger partial charge is 0.443 e. The van der Waals surface area contributed by atoms with Crippen molar-refractivity contribution >= 4 is 17.4 Å². The quantitative estimate of drug-likeness (QED) is 0.660. The maximum atomic E-state index is 12.4. The minimum absolute atomic E-state index is 0.0862. The molecule has 2 aromatic heterocycles. The molecule has 0 bridgehead atoms. The van der Waals surface area contributed by atoms with Crippen molar-refractivity contribution in [1.82, 2.24) is 15.6 Å². The van der Waals surface area contributed by atoms with Crippen molar-refractivity contribution in [2.24, 2.45) is 0 Å². The molecule has 0 radical (unpaired) electrons. The van der Waals surface area contributed by atoms with Crippen LogP contribution in [-0.2, 0) is 16.7 Å². The summed E-state index contributed by atoms with van der Waals surface area (Å²) in [7, 11) is 0. The maximum Gasteiger partial charge on any atom is 0.315 e. The number of thiophene rings is 1. The first-order valence-electron chi connectivity index (χ1n) is 9.38. The van der Waals surface area contributed by atoms with E-state index in [2.05, 4.69) is 27.8 Å². The lowest BCUT2D eigenvalue weighted by atomic mass is 9.74. The molecule has 1 aliphatic heterocycles. The molecule has 146 valence electrons. The van der Waals surface area contributed by atoms with Crippen molar-refractivity contribution in [2.45, 2.75) is 24.8 Å². The predicted molar refractivity (Wildman–Crippen MR) is 108 cm³/mol. The molecule has 1 aromatic carbocycles. The Morgan fingerprint density at radius 1 is 1.11 bits per heavy atom. The summed E-state index contributed by atoms with van der Waals surface area (Å²) in [4.78, 5) is 17.8. The third-order valence-corrected chi connectivity index (χ3v) is 6.00. The lowest BCUT2D eigenvalue weighted by Gasteiger charge is -2.37. The highest BCUT2D eigenvalue weighted by Crippen LogP contribution is 2.34. The molecule has 0 unspecified atom stereocenters. The molecule has 7 heteroatoms. The summed E-state index contributed by atoms with van der Waals surface area (Å²) in [6.45, 7) is 2.32. The van der Waals surface area contributed by atoms with Gasteiger partial charge in [0.15, 0.2) is 0 Å². The Kier molecular flexibility index (Phi) is 5.73. The van der Waals surface area contributed by atoms with Gasteiger partial charge in [-0.1, -0.05) is 36.4 Å². The summed E-state index contributed by atoms with van der Waals surface area (Å²) in [5.41, 5.74) is 1.86. The van der Waals surface area contributed by atoms with Crippen LogP contribution in [0.3, 0.4) is 0 Å². The molecule has 6 nitrogen and oxygen atoms in total. The fourth-order valence-corrected chi connectivity index (χ4v) is 4.16. The first-order valence-corrected chi connectivity index (χ1v) is 10.3. The lowest BCUT2D eigenvalue weighted by molar-refractivity contribution is 0.0507. The number of nitrogens with zero attached hydrogens (tertiary/aromatic N) is 1. The summed E-state index contributed by atoms with van der Waals surface area (Å²) in [5, 5.41) is 7.88. The number of carbonyl (C=O) groups is 1. The van der Waals surface area contributed by atoms with E-state index in [1.165, 1.54) is 5.56 Å². The highest BCUT2D eigenvalue weighted by atomic mass is 32.1. The average molecular weight is 398 g/mol. The van der Waals surface area contributed by atoms with Gasteiger partial charge in [0.2, 0.25) is 5.89 Å². The van der Waals surface area contributed by atoms with Gasteiger partial charge in [0.1, 0.15) is 6.26 Å². The topological polar surface area (TPSA) is 76.4 Å². The number of rotatable bonds is 6. The summed E-state index contributed by atoms with van der Waals surface area (Å²) in [6.07, 6.45) is 3.37. The molecule has 3 aromatic rings. The van der Waals surface area contributed by atoms with E-state index < -0.39 is 0 Å². The van der Waals surface area contributed by atoms with Gasteiger partial charge in [0.05, 0.1) is 17.1 Å². The number of hydrogen-bond acceptors (Lipinski definition) is 5. The number of benzene rings is 1. The monoisotopic (exact) mass is 397 g/mol. The minimum atomic E-state index is -0.206. The molecule has 1 aliphatic rings. The van der Waals surface area contributed by atoms with E-state index in [9.17, 15) is 4.79 Å². The van der Waals surface area contributed by atoms with E-state index in [1.807, 2.05) is 35.7 Å². The van der Waals surface area contributed by atoms with Gasteiger partial charge in [0, 0.05) is 25.2 Å². The number of carbonyl (C=O) groups excluding carboxylic acids is 1. The molecule has 0 spiro atoms. The minimum Gasteiger partial charge on any atom is -0.443 e. The van der Waals surface area contributed by atoms with Crippen LogP contribution in [0.2, 0.25) is 0 Å². The molecule has 1 saturated heterocycles. The van der Waals surface area contributed by atoms with Crippen LogP contribution in [0.5, 0.6) is 0 Å². The zero-order valence-electron chi connectivity index (χ0n) is 15.5. The molecule has 0 saturated carbocycles. The van der Waals surface area contributed by atoms with Gasteiger partial charge in [-0.15, -0.1) is 11.3 Å². The molecule has 0 atom stereocenters. The van der Waals surface area contributed by atoms with Crippen molar-refractivity contribution in [1.29, 1.82) is 0 Å². The number of aromatic nitrogens is 1. The highest BCUT2D eigenvalue weighted by molar-refractivity contribution is 7.13. The van der Waals surface area contributed by atoms with Gasteiger partial charge in [-0.05, 0) is 29.9 Å².